The molecule has 11 aromatic rings. The van der Waals surface area contributed by atoms with Crippen molar-refractivity contribution in [3.63, 3.8) is 0 Å². The minimum atomic E-state index is 0.866. The molecule has 0 aliphatic carbocycles. The van der Waals surface area contributed by atoms with Crippen molar-refractivity contribution in [1.29, 1.82) is 0 Å². The Balaban J connectivity index is 1.31. The van der Waals surface area contributed by atoms with Crippen LogP contribution in [0.15, 0.2) is 186 Å². The monoisotopic (exact) mass is 650 g/mol. The Hall–Kier alpha value is -6.84. The first-order valence-corrected chi connectivity index (χ1v) is 17.4. The predicted octanol–water partition coefficient (Wildman–Crippen LogP) is 13.6. The van der Waals surface area contributed by atoms with E-state index in [2.05, 4.69) is 191 Å². The number of rotatable bonds is 4. The van der Waals surface area contributed by atoms with E-state index in [-0.39, 0.29) is 0 Å². The third kappa shape index (κ3) is 4.06. The summed E-state index contributed by atoms with van der Waals surface area (Å²) in [5.74, 6) is 0. The fourth-order valence-corrected chi connectivity index (χ4v) is 8.34. The van der Waals surface area contributed by atoms with Gasteiger partial charge in [-0.3, -0.25) is 0 Å². The number of fused-ring (bicyclic) bond motifs is 11. The molecule has 0 saturated heterocycles. The summed E-state index contributed by atoms with van der Waals surface area (Å²) in [4.78, 5) is 2.45. The zero-order valence-electron chi connectivity index (χ0n) is 27.6. The molecule has 9 aromatic carbocycles. The molecule has 238 valence electrons. The van der Waals surface area contributed by atoms with Crippen molar-refractivity contribution >= 4 is 93.1 Å². The zero-order valence-corrected chi connectivity index (χ0v) is 27.6. The molecule has 2 aromatic heterocycles. The standard InChI is InChI=1S/C48H30N2O/c1-2-16-33(17-3-1)49-41-24-11-10-22-40(41)46-42(49)25-13-26-43(46)50(45-30-32-15-5-6-18-34(32)36-20-8-9-21-37(36)45)44-27-12-23-38-39-29-28-31-14-4-7-19-35(31)47(39)51-48(38)44/h1-30H. The quantitative estimate of drug-likeness (QED) is 0.177. The fraction of sp³-hybridized carbons (Fsp3) is 0. The van der Waals surface area contributed by atoms with Crippen molar-refractivity contribution in [3.05, 3.63) is 182 Å². The number of hydrogen-bond acceptors (Lipinski definition) is 2. The largest absolute Gasteiger partial charge is 0.453 e. The van der Waals surface area contributed by atoms with Gasteiger partial charge in [0.2, 0.25) is 0 Å². The number of anilines is 3. The normalized spacial score (nSPS) is 11.9. The molecule has 0 bridgehead atoms. The second-order valence-electron chi connectivity index (χ2n) is 13.3. The van der Waals surface area contributed by atoms with E-state index in [1.807, 2.05) is 0 Å². The highest BCUT2D eigenvalue weighted by atomic mass is 16.3. The van der Waals surface area contributed by atoms with Crippen molar-refractivity contribution in [1.82, 2.24) is 4.57 Å². The van der Waals surface area contributed by atoms with Gasteiger partial charge in [0, 0.05) is 38.0 Å². The van der Waals surface area contributed by atoms with Crippen LogP contribution >= 0.6 is 0 Å². The first-order chi connectivity index (χ1) is 25.3. The van der Waals surface area contributed by atoms with E-state index in [4.69, 9.17) is 4.42 Å². The number of para-hydroxylation sites is 3. The van der Waals surface area contributed by atoms with Gasteiger partial charge in [0.15, 0.2) is 5.58 Å². The van der Waals surface area contributed by atoms with Crippen LogP contribution in [0.3, 0.4) is 0 Å². The number of hydrogen-bond donors (Lipinski definition) is 0. The van der Waals surface area contributed by atoms with Gasteiger partial charge >= 0.3 is 0 Å². The average molecular weight is 651 g/mol. The Bertz CT molecular complexity index is 3150. The summed E-state index contributed by atoms with van der Waals surface area (Å²) in [6, 6.07) is 65.5. The van der Waals surface area contributed by atoms with Crippen LogP contribution in [0.25, 0.3) is 81.7 Å². The Kier molecular flexibility index (Phi) is 5.96. The maximum atomic E-state index is 7.05. The second kappa shape index (κ2) is 10.8. The molecule has 11 rings (SSSR count). The van der Waals surface area contributed by atoms with Gasteiger partial charge in [-0.2, -0.15) is 0 Å². The van der Waals surface area contributed by atoms with Crippen LogP contribution in [0.1, 0.15) is 0 Å². The molecule has 0 aliphatic heterocycles. The summed E-state index contributed by atoms with van der Waals surface area (Å²) in [6.45, 7) is 0. The zero-order chi connectivity index (χ0) is 33.5. The molecule has 0 unspecified atom stereocenters. The van der Waals surface area contributed by atoms with Crippen LogP contribution in [0.5, 0.6) is 0 Å². The van der Waals surface area contributed by atoms with Gasteiger partial charge in [-0.05, 0) is 70.1 Å². The van der Waals surface area contributed by atoms with Crippen molar-refractivity contribution in [2.45, 2.75) is 0 Å². The highest BCUT2D eigenvalue weighted by molar-refractivity contribution is 6.22. The van der Waals surface area contributed by atoms with E-state index < -0.39 is 0 Å². The summed E-state index contributed by atoms with van der Waals surface area (Å²) in [6.07, 6.45) is 0. The van der Waals surface area contributed by atoms with Gasteiger partial charge in [0.1, 0.15) is 5.58 Å². The molecule has 0 spiro atoms. The molecule has 0 N–H and O–H groups in total. The molecule has 2 heterocycles. The van der Waals surface area contributed by atoms with Gasteiger partial charge in [0.25, 0.3) is 0 Å². The molecule has 0 atom stereocenters. The highest BCUT2D eigenvalue weighted by Crippen LogP contribution is 2.49. The molecule has 0 aliphatic rings. The number of benzene rings is 9. The lowest BCUT2D eigenvalue weighted by atomic mass is 9.98. The first kappa shape index (κ1) is 28.0. The third-order valence-corrected chi connectivity index (χ3v) is 10.5. The van der Waals surface area contributed by atoms with E-state index in [9.17, 15) is 0 Å². The van der Waals surface area contributed by atoms with Crippen LogP contribution < -0.4 is 4.90 Å². The third-order valence-electron chi connectivity index (χ3n) is 10.5. The Morgan fingerprint density at radius 3 is 1.82 bits per heavy atom. The average Bonchev–Trinajstić information content (AvgIpc) is 3.76. The van der Waals surface area contributed by atoms with E-state index >= 15 is 0 Å². The maximum Gasteiger partial charge on any atom is 0.159 e. The van der Waals surface area contributed by atoms with Crippen LogP contribution in [-0.2, 0) is 0 Å². The van der Waals surface area contributed by atoms with Gasteiger partial charge in [-0.15, -0.1) is 0 Å². The van der Waals surface area contributed by atoms with Crippen LogP contribution in [0.2, 0.25) is 0 Å². The topological polar surface area (TPSA) is 21.3 Å². The molecular weight excluding hydrogens is 621 g/mol. The van der Waals surface area contributed by atoms with Gasteiger partial charge in [-0.25, -0.2) is 0 Å². The molecule has 0 amide bonds. The Labute approximate surface area is 293 Å². The lowest BCUT2D eigenvalue weighted by molar-refractivity contribution is 0.673. The van der Waals surface area contributed by atoms with Crippen molar-refractivity contribution in [3.8, 4) is 5.69 Å². The van der Waals surface area contributed by atoms with Crippen LogP contribution in [0, 0.1) is 0 Å². The second-order valence-corrected chi connectivity index (χ2v) is 13.3. The first-order valence-electron chi connectivity index (χ1n) is 17.4. The lowest BCUT2D eigenvalue weighted by Crippen LogP contribution is -2.11. The molecule has 51 heavy (non-hydrogen) atoms. The Morgan fingerprint density at radius 1 is 0.353 bits per heavy atom. The summed E-state index contributed by atoms with van der Waals surface area (Å²) >= 11 is 0. The molecule has 0 fully saturated rings. The SMILES string of the molecule is c1ccc(-n2c3ccccc3c3c(N(c4cc5ccccc5c5ccccc45)c4cccc5c4oc4c6ccccc6ccc54)cccc32)cc1. The van der Waals surface area contributed by atoms with Crippen LogP contribution in [-0.4, -0.2) is 4.57 Å². The molecule has 0 saturated carbocycles. The summed E-state index contributed by atoms with van der Waals surface area (Å²) < 4.78 is 9.44. The number of aromatic nitrogens is 1. The maximum absolute atomic E-state index is 7.05. The van der Waals surface area contributed by atoms with Crippen LogP contribution in [0.4, 0.5) is 17.1 Å². The van der Waals surface area contributed by atoms with Gasteiger partial charge in [0.05, 0.1) is 28.1 Å². The fourth-order valence-electron chi connectivity index (χ4n) is 8.34. The van der Waals surface area contributed by atoms with Crippen molar-refractivity contribution in [2.24, 2.45) is 0 Å². The minimum Gasteiger partial charge on any atom is -0.453 e. The Morgan fingerprint density at radius 2 is 0.961 bits per heavy atom. The summed E-state index contributed by atoms with van der Waals surface area (Å²) in [5.41, 5.74) is 8.43. The smallest absolute Gasteiger partial charge is 0.159 e. The molecular formula is C48H30N2O. The van der Waals surface area contributed by atoms with Gasteiger partial charge < -0.3 is 13.9 Å². The summed E-state index contributed by atoms with van der Waals surface area (Å²) in [7, 11) is 0. The molecule has 0 radical (unpaired) electrons. The lowest BCUT2D eigenvalue weighted by Gasteiger charge is -2.28. The highest BCUT2D eigenvalue weighted by Gasteiger charge is 2.26. The summed E-state index contributed by atoms with van der Waals surface area (Å²) in [5, 5.41) is 11.7. The predicted molar refractivity (Wildman–Crippen MR) is 215 cm³/mol. The molecule has 3 nitrogen and oxygen atoms in total. The number of furan rings is 1. The minimum absolute atomic E-state index is 0.866. The van der Waals surface area contributed by atoms with E-state index in [1.54, 1.807) is 0 Å². The molecule has 3 heteroatoms. The van der Waals surface area contributed by atoms with E-state index in [0.717, 1.165) is 55.6 Å². The van der Waals surface area contributed by atoms with Crippen molar-refractivity contribution in [2.75, 3.05) is 4.90 Å². The number of nitrogens with zero attached hydrogens (tertiary/aromatic N) is 2. The van der Waals surface area contributed by atoms with Crippen molar-refractivity contribution < 1.29 is 4.42 Å². The van der Waals surface area contributed by atoms with E-state index in [0.29, 0.717) is 0 Å². The van der Waals surface area contributed by atoms with Gasteiger partial charge in [-0.1, -0.05) is 133 Å². The van der Waals surface area contributed by atoms with E-state index in [1.165, 1.54) is 43.2 Å².